The van der Waals surface area contributed by atoms with E-state index in [4.69, 9.17) is 9.47 Å². The van der Waals surface area contributed by atoms with Crippen LogP contribution in [0.3, 0.4) is 0 Å². The zero-order chi connectivity index (χ0) is 24.8. The molecule has 35 heavy (non-hydrogen) atoms. The largest absolute Gasteiger partial charge is 0.481 e. The van der Waals surface area contributed by atoms with Gasteiger partial charge in [0.2, 0.25) is 5.91 Å². The number of carbonyl (C=O) groups is 3. The molecule has 0 bridgehead atoms. The molecule has 1 heterocycles. The van der Waals surface area contributed by atoms with Gasteiger partial charge in [0, 0.05) is 32.7 Å². The van der Waals surface area contributed by atoms with Crippen molar-refractivity contribution in [3.63, 3.8) is 0 Å². The summed E-state index contributed by atoms with van der Waals surface area (Å²) in [6.07, 6.45) is 1.32. The van der Waals surface area contributed by atoms with Crippen molar-refractivity contribution in [2.24, 2.45) is 5.92 Å². The first-order valence-corrected chi connectivity index (χ1v) is 12.1. The molecular formula is C27H32N2O6. The van der Waals surface area contributed by atoms with Gasteiger partial charge < -0.3 is 24.8 Å². The maximum Gasteiger partial charge on any atom is 0.407 e. The molecule has 1 aliphatic heterocycles. The zero-order valence-corrected chi connectivity index (χ0v) is 19.9. The third kappa shape index (κ3) is 5.82. The summed E-state index contributed by atoms with van der Waals surface area (Å²) < 4.78 is 10.7. The number of carbonyl (C=O) groups excluding carboxylic acids is 2. The Kier molecular flexibility index (Phi) is 8.02. The quantitative estimate of drug-likeness (QED) is 0.568. The van der Waals surface area contributed by atoms with Gasteiger partial charge in [-0.15, -0.1) is 0 Å². The molecule has 1 fully saturated rings. The highest BCUT2D eigenvalue weighted by Crippen LogP contribution is 2.44. The van der Waals surface area contributed by atoms with Gasteiger partial charge in [-0.25, -0.2) is 4.79 Å². The van der Waals surface area contributed by atoms with Crippen LogP contribution in [0.15, 0.2) is 48.5 Å². The molecule has 4 rings (SSSR count). The Morgan fingerprint density at radius 3 is 2.20 bits per heavy atom. The topological polar surface area (TPSA) is 105 Å². The molecule has 0 aromatic heterocycles. The van der Waals surface area contributed by atoms with Crippen molar-refractivity contribution in [1.29, 1.82) is 0 Å². The van der Waals surface area contributed by atoms with Crippen molar-refractivity contribution in [2.75, 3.05) is 33.4 Å². The lowest BCUT2D eigenvalue weighted by Crippen LogP contribution is -2.51. The molecular weight excluding hydrogens is 448 g/mol. The Labute approximate surface area is 205 Å². The minimum atomic E-state index is -1.17. The number of piperidine rings is 1. The summed E-state index contributed by atoms with van der Waals surface area (Å²) in [6, 6.07) is 14.8. The minimum absolute atomic E-state index is 0.0960. The normalized spacial score (nSPS) is 16.3. The highest BCUT2D eigenvalue weighted by molar-refractivity contribution is 5.89. The molecule has 8 nitrogen and oxygen atoms in total. The van der Waals surface area contributed by atoms with Gasteiger partial charge in [-0.2, -0.15) is 0 Å². The van der Waals surface area contributed by atoms with Gasteiger partial charge in [-0.1, -0.05) is 48.5 Å². The first kappa shape index (κ1) is 24.7. The molecule has 2 aromatic rings. The Bertz CT molecular complexity index is 1020. The molecule has 186 valence electrons. The maximum absolute atomic E-state index is 13.0. The molecule has 0 saturated carbocycles. The van der Waals surface area contributed by atoms with Crippen LogP contribution in [0.2, 0.25) is 0 Å². The van der Waals surface area contributed by atoms with Crippen LogP contribution in [0.1, 0.15) is 42.7 Å². The van der Waals surface area contributed by atoms with Gasteiger partial charge in [0.05, 0.1) is 6.42 Å². The van der Waals surface area contributed by atoms with Crippen molar-refractivity contribution < 1.29 is 29.0 Å². The van der Waals surface area contributed by atoms with E-state index < -0.39 is 24.5 Å². The van der Waals surface area contributed by atoms with Crippen LogP contribution in [0.5, 0.6) is 0 Å². The third-order valence-electron chi connectivity index (χ3n) is 6.97. The number of benzene rings is 2. The van der Waals surface area contributed by atoms with Crippen molar-refractivity contribution in [3.05, 3.63) is 59.7 Å². The summed E-state index contributed by atoms with van der Waals surface area (Å²) >= 11 is 0. The number of carboxylic acids is 1. The van der Waals surface area contributed by atoms with Gasteiger partial charge in [-0.3, -0.25) is 9.59 Å². The smallest absolute Gasteiger partial charge is 0.407 e. The Balaban J connectivity index is 1.36. The Hall–Kier alpha value is -3.39. The van der Waals surface area contributed by atoms with Gasteiger partial charge in [0.25, 0.3) is 0 Å². The Morgan fingerprint density at radius 1 is 1.03 bits per heavy atom. The molecule has 0 radical (unpaired) electrons. The number of nitrogens with zero attached hydrogens (tertiary/aromatic N) is 1. The SMILES string of the molecule is COCCC1CCN(C(=O)C(CC(=O)O)NC(=O)OCC2c3ccccc3-c3ccccc32)CC1. The number of fused-ring (bicyclic) bond motifs is 3. The second-order valence-electron chi connectivity index (χ2n) is 9.17. The average Bonchev–Trinajstić information content (AvgIpc) is 3.19. The number of hydrogen-bond donors (Lipinski definition) is 2. The summed E-state index contributed by atoms with van der Waals surface area (Å²) in [5, 5.41) is 11.8. The third-order valence-corrected chi connectivity index (χ3v) is 6.97. The predicted molar refractivity (Wildman–Crippen MR) is 130 cm³/mol. The summed E-state index contributed by atoms with van der Waals surface area (Å²) in [4.78, 5) is 38.8. The number of amides is 2. The fourth-order valence-corrected chi connectivity index (χ4v) is 5.10. The lowest BCUT2D eigenvalue weighted by molar-refractivity contribution is -0.143. The summed E-state index contributed by atoms with van der Waals surface area (Å²) in [5.41, 5.74) is 4.39. The molecule has 0 spiro atoms. The van der Waals surface area contributed by atoms with E-state index in [1.54, 1.807) is 12.0 Å². The minimum Gasteiger partial charge on any atom is -0.481 e. The number of likely N-dealkylation sites (tertiary alicyclic amines) is 1. The number of alkyl carbamates (subject to hydrolysis) is 1. The average molecular weight is 481 g/mol. The number of hydrogen-bond acceptors (Lipinski definition) is 5. The van der Waals surface area contributed by atoms with E-state index in [0.29, 0.717) is 25.6 Å². The second kappa shape index (κ2) is 11.4. The zero-order valence-electron chi connectivity index (χ0n) is 19.9. The van der Waals surface area contributed by atoms with Crippen molar-refractivity contribution in [3.8, 4) is 11.1 Å². The van der Waals surface area contributed by atoms with E-state index in [-0.39, 0.29) is 18.4 Å². The van der Waals surface area contributed by atoms with E-state index in [0.717, 1.165) is 41.5 Å². The molecule has 2 N–H and O–H groups in total. The molecule has 1 saturated heterocycles. The van der Waals surface area contributed by atoms with Crippen molar-refractivity contribution in [2.45, 2.75) is 37.6 Å². The monoisotopic (exact) mass is 480 g/mol. The van der Waals surface area contributed by atoms with Gasteiger partial charge in [0.1, 0.15) is 12.6 Å². The standard InChI is InChI=1S/C27H32N2O6/c1-34-15-12-18-10-13-29(14-11-18)26(32)24(16-25(30)31)28-27(33)35-17-23-21-8-4-2-6-19(21)20-7-3-5-9-22(20)23/h2-9,18,23-24H,10-17H2,1H3,(H,28,33)(H,30,31). The molecule has 2 aromatic carbocycles. The lowest BCUT2D eigenvalue weighted by atomic mass is 9.93. The highest BCUT2D eigenvalue weighted by atomic mass is 16.5. The molecule has 2 amide bonds. The Morgan fingerprint density at radius 2 is 1.63 bits per heavy atom. The second-order valence-corrected chi connectivity index (χ2v) is 9.17. The van der Waals surface area contributed by atoms with Crippen LogP contribution in [-0.4, -0.2) is 67.4 Å². The van der Waals surface area contributed by atoms with Gasteiger partial charge in [-0.05, 0) is 47.4 Å². The molecule has 2 aliphatic rings. The van der Waals surface area contributed by atoms with E-state index in [1.165, 1.54) is 0 Å². The van der Waals surface area contributed by atoms with Crippen LogP contribution < -0.4 is 5.32 Å². The molecule has 8 heteroatoms. The fraction of sp³-hybridized carbons (Fsp3) is 0.444. The van der Waals surface area contributed by atoms with E-state index in [9.17, 15) is 19.5 Å². The van der Waals surface area contributed by atoms with E-state index in [1.807, 2.05) is 48.5 Å². The first-order chi connectivity index (χ1) is 17.0. The molecule has 1 atom stereocenters. The number of rotatable bonds is 9. The number of aliphatic carboxylic acids is 1. The highest BCUT2D eigenvalue weighted by Gasteiger charge is 2.33. The van der Waals surface area contributed by atoms with Crippen LogP contribution in [-0.2, 0) is 19.1 Å². The van der Waals surface area contributed by atoms with Crippen LogP contribution >= 0.6 is 0 Å². The van der Waals surface area contributed by atoms with Crippen LogP contribution in [0.4, 0.5) is 4.79 Å². The van der Waals surface area contributed by atoms with Crippen molar-refractivity contribution >= 4 is 18.0 Å². The number of ether oxygens (including phenoxy) is 2. The van der Waals surface area contributed by atoms with E-state index >= 15 is 0 Å². The van der Waals surface area contributed by atoms with Crippen LogP contribution in [0, 0.1) is 5.92 Å². The maximum atomic E-state index is 13.0. The number of methoxy groups -OCH3 is 1. The van der Waals surface area contributed by atoms with Gasteiger partial charge in [0.15, 0.2) is 0 Å². The molecule has 1 unspecified atom stereocenters. The first-order valence-electron chi connectivity index (χ1n) is 12.1. The van der Waals surface area contributed by atoms with Crippen molar-refractivity contribution in [1.82, 2.24) is 10.2 Å². The lowest BCUT2D eigenvalue weighted by Gasteiger charge is -2.34. The fourth-order valence-electron chi connectivity index (χ4n) is 5.10. The molecule has 1 aliphatic carbocycles. The van der Waals surface area contributed by atoms with Crippen LogP contribution in [0.25, 0.3) is 11.1 Å². The number of nitrogens with one attached hydrogen (secondary N) is 1. The summed E-state index contributed by atoms with van der Waals surface area (Å²) in [6.45, 7) is 1.85. The predicted octanol–water partition coefficient (Wildman–Crippen LogP) is 3.64. The van der Waals surface area contributed by atoms with E-state index in [2.05, 4.69) is 5.32 Å². The summed E-state index contributed by atoms with van der Waals surface area (Å²) in [5.74, 6) is -1.18. The summed E-state index contributed by atoms with van der Waals surface area (Å²) in [7, 11) is 1.67. The van der Waals surface area contributed by atoms with Gasteiger partial charge >= 0.3 is 12.1 Å². The number of carboxylic acid groups (broad SMARTS) is 1.